The Morgan fingerprint density at radius 1 is 1.71 bits per heavy atom. The molecule has 2 heterocycles. The summed E-state index contributed by atoms with van der Waals surface area (Å²) in [5.41, 5.74) is 6.91. The number of likely N-dealkylation sites (tertiary alicyclic amines) is 1. The molecule has 1 unspecified atom stereocenters. The minimum absolute atomic E-state index is 0.111. The van der Waals surface area contributed by atoms with Crippen LogP contribution in [-0.2, 0) is 6.54 Å². The fourth-order valence-electron chi connectivity index (χ4n) is 2.04. The van der Waals surface area contributed by atoms with Crippen LogP contribution in [0.25, 0.3) is 0 Å². The maximum absolute atomic E-state index is 11.9. The van der Waals surface area contributed by atoms with Gasteiger partial charge in [0.25, 0.3) is 5.91 Å². The van der Waals surface area contributed by atoms with Gasteiger partial charge in [0.2, 0.25) is 0 Å². The summed E-state index contributed by atoms with van der Waals surface area (Å²) >= 11 is 0. The standard InChI is InChI=1S/C12H18N4O/c1-16-5-3-10(8-16)15-12(17)11-6-9(7-13)2-4-14-11/h2,4,6,10H,3,5,7-8,13H2,1H3,(H,15,17). The number of nitrogens with zero attached hydrogens (tertiary/aromatic N) is 2. The van der Waals surface area contributed by atoms with Gasteiger partial charge >= 0.3 is 0 Å². The maximum atomic E-state index is 11.9. The third-order valence-corrected chi connectivity index (χ3v) is 3.02. The highest BCUT2D eigenvalue weighted by molar-refractivity contribution is 5.92. The van der Waals surface area contributed by atoms with E-state index in [9.17, 15) is 4.79 Å². The summed E-state index contributed by atoms with van der Waals surface area (Å²) in [5.74, 6) is -0.111. The maximum Gasteiger partial charge on any atom is 0.270 e. The van der Waals surface area contributed by atoms with Crippen molar-refractivity contribution in [3.8, 4) is 0 Å². The number of carbonyl (C=O) groups is 1. The second-order valence-corrected chi connectivity index (χ2v) is 4.47. The van der Waals surface area contributed by atoms with Crippen LogP contribution < -0.4 is 11.1 Å². The Morgan fingerprint density at radius 2 is 2.53 bits per heavy atom. The van der Waals surface area contributed by atoms with Crippen molar-refractivity contribution in [2.45, 2.75) is 19.0 Å². The molecule has 0 saturated carbocycles. The summed E-state index contributed by atoms with van der Waals surface area (Å²) in [6.07, 6.45) is 2.62. The average molecular weight is 234 g/mol. The molecule has 1 saturated heterocycles. The molecule has 1 aromatic heterocycles. The lowest BCUT2D eigenvalue weighted by molar-refractivity contribution is 0.0933. The Balaban J connectivity index is 1.99. The van der Waals surface area contributed by atoms with Crippen molar-refractivity contribution in [3.63, 3.8) is 0 Å². The lowest BCUT2D eigenvalue weighted by atomic mass is 10.2. The molecule has 1 aliphatic rings. The molecule has 1 aromatic rings. The van der Waals surface area contributed by atoms with Crippen LogP contribution in [0.3, 0.4) is 0 Å². The molecule has 5 heteroatoms. The van der Waals surface area contributed by atoms with Gasteiger partial charge in [-0.1, -0.05) is 0 Å². The molecule has 0 spiro atoms. The van der Waals surface area contributed by atoms with Crippen molar-refractivity contribution in [1.82, 2.24) is 15.2 Å². The van der Waals surface area contributed by atoms with E-state index in [1.54, 1.807) is 12.3 Å². The minimum atomic E-state index is -0.111. The van der Waals surface area contributed by atoms with E-state index in [2.05, 4.69) is 22.2 Å². The van der Waals surface area contributed by atoms with Gasteiger partial charge in [0.05, 0.1) is 0 Å². The number of amides is 1. The summed E-state index contributed by atoms with van der Waals surface area (Å²) in [5, 5.41) is 2.99. The second-order valence-electron chi connectivity index (χ2n) is 4.47. The minimum Gasteiger partial charge on any atom is -0.347 e. The monoisotopic (exact) mass is 234 g/mol. The van der Waals surface area contributed by atoms with E-state index in [0.29, 0.717) is 12.2 Å². The highest BCUT2D eigenvalue weighted by atomic mass is 16.1. The SMILES string of the molecule is CN1CCC(NC(=O)c2cc(CN)ccn2)C1. The van der Waals surface area contributed by atoms with E-state index >= 15 is 0 Å². The van der Waals surface area contributed by atoms with E-state index in [-0.39, 0.29) is 11.9 Å². The number of pyridine rings is 1. The average Bonchev–Trinajstić information content (AvgIpc) is 2.75. The molecular formula is C12H18N4O. The summed E-state index contributed by atoms with van der Waals surface area (Å²) in [4.78, 5) is 18.2. The molecule has 1 fully saturated rings. The molecule has 2 rings (SSSR count). The first-order valence-corrected chi connectivity index (χ1v) is 5.83. The van der Waals surface area contributed by atoms with Gasteiger partial charge in [-0.25, -0.2) is 0 Å². The predicted octanol–water partition coefficient (Wildman–Crippen LogP) is -0.0258. The zero-order chi connectivity index (χ0) is 12.3. The molecule has 5 nitrogen and oxygen atoms in total. The van der Waals surface area contributed by atoms with Crippen LogP contribution in [0, 0.1) is 0 Å². The Hall–Kier alpha value is -1.46. The molecule has 92 valence electrons. The van der Waals surface area contributed by atoms with Crippen molar-refractivity contribution < 1.29 is 4.79 Å². The van der Waals surface area contributed by atoms with E-state index in [1.807, 2.05) is 6.07 Å². The summed E-state index contributed by atoms with van der Waals surface area (Å²) in [6.45, 7) is 2.36. The first-order chi connectivity index (χ1) is 8.19. The van der Waals surface area contributed by atoms with Gasteiger partial charge in [-0.2, -0.15) is 0 Å². The number of likely N-dealkylation sites (N-methyl/N-ethyl adjacent to an activating group) is 1. The highest BCUT2D eigenvalue weighted by Gasteiger charge is 2.21. The van der Waals surface area contributed by atoms with E-state index in [0.717, 1.165) is 25.1 Å². The fraction of sp³-hybridized carbons (Fsp3) is 0.500. The summed E-state index contributed by atoms with van der Waals surface area (Å²) in [6, 6.07) is 3.80. The van der Waals surface area contributed by atoms with Gasteiger partial charge in [0, 0.05) is 25.3 Å². The fourth-order valence-corrected chi connectivity index (χ4v) is 2.04. The molecule has 0 aliphatic carbocycles. The Kier molecular flexibility index (Phi) is 3.71. The molecule has 3 N–H and O–H groups in total. The normalized spacial score (nSPS) is 20.5. The smallest absolute Gasteiger partial charge is 0.270 e. The molecule has 17 heavy (non-hydrogen) atoms. The third-order valence-electron chi connectivity index (χ3n) is 3.02. The van der Waals surface area contributed by atoms with E-state index in [4.69, 9.17) is 5.73 Å². The van der Waals surface area contributed by atoms with Crippen LogP contribution in [0.15, 0.2) is 18.3 Å². The largest absolute Gasteiger partial charge is 0.347 e. The highest BCUT2D eigenvalue weighted by Crippen LogP contribution is 2.07. The third kappa shape index (κ3) is 3.01. The van der Waals surface area contributed by atoms with Crippen molar-refractivity contribution >= 4 is 5.91 Å². The molecule has 1 aliphatic heterocycles. The molecule has 0 radical (unpaired) electrons. The van der Waals surface area contributed by atoms with Crippen LogP contribution >= 0.6 is 0 Å². The van der Waals surface area contributed by atoms with Crippen molar-refractivity contribution in [3.05, 3.63) is 29.6 Å². The zero-order valence-corrected chi connectivity index (χ0v) is 10.0. The van der Waals surface area contributed by atoms with Crippen molar-refractivity contribution in [2.24, 2.45) is 5.73 Å². The molecule has 1 atom stereocenters. The molecular weight excluding hydrogens is 216 g/mol. The molecule has 1 amide bonds. The van der Waals surface area contributed by atoms with Crippen LogP contribution in [0.4, 0.5) is 0 Å². The molecule has 0 bridgehead atoms. The predicted molar refractivity (Wildman–Crippen MR) is 65.5 cm³/mol. The van der Waals surface area contributed by atoms with Gasteiger partial charge in [-0.3, -0.25) is 9.78 Å². The summed E-state index contributed by atoms with van der Waals surface area (Å²) in [7, 11) is 2.06. The Bertz CT molecular complexity index is 407. The lowest BCUT2D eigenvalue weighted by Crippen LogP contribution is -2.36. The number of rotatable bonds is 3. The second kappa shape index (κ2) is 5.25. The number of nitrogens with two attached hydrogens (primary N) is 1. The van der Waals surface area contributed by atoms with Gasteiger partial charge in [0.1, 0.15) is 5.69 Å². The Labute approximate surface area is 101 Å². The zero-order valence-electron chi connectivity index (χ0n) is 10.0. The first-order valence-electron chi connectivity index (χ1n) is 5.83. The first kappa shape index (κ1) is 12.0. The topological polar surface area (TPSA) is 71.2 Å². The van der Waals surface area contributed by atoms with Crippen LogP contribution in [0.2, 0.25) is 0 Å². The number of nitrogens with one attached hydrogen (secondary N) is 1. The number of aromatic nitrogens is 1. The summed E-state index contributed by atoms with van der Waals surface area (Å²) < 4.78 is 0. The number of hydrogen-bond acceptors (Lipinski definition) is 4. The number of hydrogen-bond donors (Lipinski definition) is 2. The van der Waals surface area contributed by atoms with E-state index in [1.165, 1.54) is 0 Å². The van der Waals surface area contributed by atoms with Crippen LogP contribution in [-0.4, -0.2) is 42.0 Å². The van der Waals surface area contributed by atoms with Crippen molar-refractivity contribution in [1.29, 1.82) is 0 Å². The van der Waals surface area contributed by atoms with Crippen LogP contribution in [0.5, 0.6) is 0 Å². The van der Waals surface area contributed by atoms with Gasteiger partial charge < -0.3 is 16.0 Å². The van der Waals surface area contributed by atoms with Crippen molar-refractivity contribution in [2.75, 3.05) is 20.1 Å². The lowest BCUT2D eigenvalue weighted by Gasteiger charge is -2.12. The number of carbonyl (C=O) groups excluding carboxylic acids is 1. The van der Waals surface area contributed by atoms with E-state index < -0.39 is 0 Å². The quantitative estimate of drug-likeness (QED) is 0.770. The van der Waals surface area contributed by atoms with Gasteiger partial charge in [-0.15, -0.1) is 0 Å². The molecule has 0 aromatic carbocycles. The van der Waals surface area contributed by atoms with Gasteiger partial charge in [-0.05, 0) is 37.7 Å². The van der Waals surface area contributed by atoms with Gasteiger partial charge in [0.15, 0.2) is 0 Å². The van der Waals surface area contributed by atoms with Crippen LogP contribution in [0.1, 0.15) is 22.5 Å². The Morgan fingerprint density at radius 3 is 3.18 bits per heavy atom.